The van der Waals surface area contributed by atoms with Crippen LogP contribution in [0.15, 0.2) is 12.1 Å². The van der Waals surface area contributed by atoms with Gasteiger partial charge in [-0.25, -0.2) is 0 Å². The van der Waals surface area contributed by atoms with Crippen molar-refractivity contribution in [2.75, 3.05) is 0 Å². The molecule has 1 rings (SSSR count). The Morgan fingerprint density at radius 2 is 1.00 bits per heavy atom. The molecule has 2 heteroatoms. The molecule has 0 aliphatic carbocycles. The summed E-state index contributed by atoms with van der Waals surface area (Å²) in [5, 5.41) is 0. The van der Waals surface area contributed by atoms with Gasteiger partial charge in [-0.05, 0) is 0 Å². The van der Waals surface area contributed by atoms with Crippen LogP contribution in [0.25, 0.3) is 0 Å². The quantitative estimate of drug-likeness (QED) is 0.558. The van der Waals surface area contributed by atoms with Crippen molar-refractivity contribution in [3.8, 4) is 0 Å². The third-order valence-electron chi connectivity index (χ3n) is 3.98. The van der Waals surface area contributed by atoms with Crippen LogP contribution in [-0.2, 0) is 16.2 Å². The van der Waals surface area contributed by atoms with Gasteiger partial charge in [0.2, 0.25) is 0 Å². The molecule has 0 radical (unpaired) electrons. The van der Waals surface area contributed by atoms with E-state index in [1.807, 2.05) is 0 Å². The van der Waals surface area contributed by atoms with E-state index in [2.05, 4.69) is 94.1 Å². The molecule has 0 bridgehead atoms. The van der Waals surface area contributed by atoms with Gasteiger partial charge >= 0.3 is 152 Å². The minimum atomic E-state index is -1.12. The summed E-state index contributed by atoms with van der Waals surface area (Å²) in [6, 6.07) is 5.04. The van der Waals surface area contributed by atoms with Gasteiger partial charge in [-0.2, -0.15) is 0 Å². The minimum absolute atomic E-state index is 0.199. The first-order chi connectivity index (χ1) is 9.93. The fourth-order valence-electron chi connectivity index (χ4n) is 2.59. The molecule has 0 heterocycles. The average molecular weight is 398 g/mol. The first-order valence-electron chi connectivity index (χ1n) is 8.81. The van der Waals surface area contributed by atoms with E-state index in [1.165, 1.54) is 5.56 Å². The van der Waals surface area contributed by atoms with Crippen molar-refractivity contribution < 1.29 is 0 Å². The van der Waals surface area contributed by atoms with Crippen molar-refractivity contribution in [2.24, 2.45) is 0 Å². The number of hydrogen-bond donors (Lipinski definition) is 0. The second-order valence-electron chi connectivity index (χ2n) is 10.9. The summed E-state index contributed by atoms with van der Waals surface area (Å²) >= 11 is 0.606. The molecule has 0 unspecified atom stereocenters. The summed E-state index contributed by atoms with van der Waals surface area (Å²) in [5.41, 5.74) is 5.29. The van der Waals surface area contributed by atoms with Gasteiger partial charge in [0.25, 0.3) is 0 Å². The zero-order valence-electron chi connectivity index (χ0n) is 17.6. The molecule has 1 aromatic carbocycles. The Morgan fingerprint density at radius 1 is 0.652 bits per heavy atom. The van der Waals surface area contributed by atoms with Gasteiger partial charge in [0.15, 0.2) is 0 Å². The Bertz CT molecular complexity index is 522. The molecule has 0 spiro atoms. The van der Waals surface area contributed by atoms with Gasteiger partial charge in [-0.15, -0.1) is 0 Å². The van der Waals surface area contributed by atoms with Crippen LogP contribution in [0.1, 0.15) is 79.0 Å². The first kappa shape index (κ1) is 21.0. The number of rotatable bonds is 2. The first-order valence-corrected chi connectivity index (χ1v) is 15.6. The molecule has 0 aromatic heterocycles. The Morgan fingerprint density at radius 3 is 1.22 bits per heavy atom. The van der Waals surface area contributed by atoms with Crippen LogP contribution in [0.2, 0.25) is 19.6 Å². The van der Waals surface area contributed by atoms with E-state index in [0.29, 0.717) is 14.3 Å². The van der Waals surface area contributed by atoms with E-state index in [-0.39, 0.29) is 16.2 Å². The van der Waals surface area contributed by atoms with E-state index in [4.69, 9.17) is 0 Å². The zero-order chi connectivity index (χ0) is 18.4. The number of hydrogen-bond acceptors (Lipinski definition) is 0. The Hall–Kier alpha value is -0.0436. The summed E-state index contributed by atoms with van der Waals surface area (Å²) in [4.78, 5) is 0. The van der Waals surface area contributed by atoms with Gasteiger partial charge in [-0.1, -0.05) is 0 Å². The van der Waals surface area contributed by atoms with E-state index in [1.54, 1.807) is 15.6 Å². The summed E-state index contributed by atoms with van der Waals surface area (Å²) in [5.74, 6) is 0. The molecule has 0 fully saturated rings. The Kier molecular flexibility index (Phi) is 5.80. The van der Waals surface area contributed by atoms with Crippen LogP contribution in [0.3, 0.4) is 0 Å². The molecule has 23 heavy (non-hydrogen) atoms. The summed E-state index contributed by atoms with van der Waals surface area (Å²) < 4.78 is 1.70. The van der Waals surface area contributed by atoms with Crippen LogP contribution >= 0.6 is 0 Å². The van der Waals surface area contributed by atoms with Crippen molar-refractivity contribution in [1.82, 2.24) is 0 Å². The molecule has 0 aliphatic heterocycles. The van der Waals surface area contributed by atoms with Crippen LogP contribution < -0.4 is 4.46 Å². The fourth-order valence-corrected chi connectivity index (χ4v) is 10.2. The van der Waals surface area contributed by atoms with Gasteiger partial charge in [0.1, 0.15) is 0 Å². The van der Waals surface area contributed by atoms with Crippen molar-refractivity contribution in [3.63, 3.8) is 0 Å². The van der Waals surface area contributed by atoms with Gasteiger partial charge in [-0.3, -0.25) is 0 Å². The van der Waals surface area contributed by atoms with Crippen LogP contribution in [0, 0.1) is 0 Å². The SMILES string of the molecule is CC(C)(C)c1cc(C(C)(C)C)c([Se][Si](C)(C)C)c(C(C)(C)C)c1. The monoisotopic (exact) mass is 398 g/mol. The predicted octanol–water partition coefficient (Wildman–Crippen LogP) is 5.74. The number of benzene rings is 1. The van der Waals surface area contributed by atoms with Crippen molar-refractivity contribution in [3.05, 3.63) is 28.8 Å². The molecule has 0 aliphatic rings. The zero-order valence-corrected chi connectivity index (χ0v) is 20.3. The molecule has 0 N–H and O–H groups in total. The molecular weight excluding hydrogens is 359 g/mol. The average Bonchev–Trinajstić information content (AvgIpc) is 2.21. The Balaban J connectivity index is 3.82. The maximum atomic E-state index is 2.52. The fraction of sp³-hybridized carbons (Fsp3) is 0.714. The van der Waals surface area contributed by atoms with Crippen molar-refractivity contribution >= 4 is 25.5 Å². The van der Waals surface area contributed by atoms with Crippen LogP contribution in [0.5, 0.6) is 0 Å². The van der Waals surface area contributed by atoms with Gasteiger partial charge in [0.05, 0.1) is 0 Å². The van der Waals surface area contributed by atoms with Crippen LogP contribution in [0.4, 0.5) is 0 Å². The topological polar surface area (TPSA) is 0 Å². The molecular formula is C21H38SeSi. The van der Waals surface area contributed by atoms with Crippen LogP contribution in [-0.4, -0.2) is 21.0 Å². The molecule has 0 amide bonds. The van der Waals surface area contributed by atoms with Crippen molar-refractivity contribution in [1.29, 1.82) is 0 Å². The van der Waals surface area contributed by atoms with Gasteiger partial charge in [0, 0.05) is 0 Å². The standard InChI is InChI=1S/C21H38SeSi/c1-19(2,3)15-13-16(20(4,5)6)18(22-23(10,11)12)17(14-15)21(7,8)9/h13-14H,1-12H3. The summed E-state index contributed by atoms with van der Waals surface area (Å²) in [6.45, 7) is 27.7. The summed E-state index contributed by atoms with van der Waals surface area (Å²) in [6.07, 6.45) is 0. The second-order valence-corrected chi connectivity index (χ2v) is 25.1. The molecule has 1 aromatic rings. The van der Waals surface area contributed by atoms with Crippen molar-refractivity contribution in [2.45, 2.75) is 98.2 Å². The molecule has 0 atom stereocenters. The van der Waals surface area contributed by atoms with Gasteiger partial charge < -0.3 is 0 Å². The molecule has 0 saturated carbocycles. The molecule has 132 valence electrons. The summed E-state index contributed by atoms with van der Waals surface area (Å²) in [7, 11) is 0. The second kappa shape index (κ2) is 6.35. The van der Waals surface area contributed by atoms with E-state index in [0.717, 1.165) is 0 Å². The Labute approximate surface area is 152 Å². The molecule has 0 nitrogen and oxygen atoms in total. The maximum absolute atomic E-state index is 2.52. The van der Waals surface area contributed by atoms with E-state index < -0.39 is 6.68 Å². The normalized spacial score (nSPS) is 14.3. The third-order valence-corrected chi connectivity index (χ3v) is 10.9. The van der Waals surface area contributed by atoms with E-state index >= 15 is 0 Å². The van der Waals surface area contributed by atoms with E-state index in [9.17, 15) is 0 Å². The molecule has 0 saturated heterocycles. The predicted molar refractivity (Wildman–Crippen MR) is 111 cm³/mol. The third kappa shape index (κ3) is 5.76.